The highest BCUT2D eigenvalue weighted by atomic mass is 16.3. The summed E-state index contributed by atoms with van der Waals surface area (Å²) in [6.07, 6.45) is 0. The molecule has 2 amide bonds. The van der Waals surface area contributed by atoms with Crippen molar-refractivity contribution in [3.63, 3.8) is 0 Å². The lowest BCUT2D eigenvalue weighted by Gasteiger charge is -1.84. The van der Waals surface area contributed by atoms with Crippen molar-refractivity contribution < 1.29 is 14.7 Å². The second kappa shape index (κ2) is 1.94. The van der Waals surface area contributed by atoms with Crippen molar-refractivity contribution >= 4 is 17.6 Å². The van der Waals surface area contributed by atoms with Gasteiger partial charge in [-0.25, -0.2) is 0 Å². The molecule has 0 aliphatic carbocycles. The summed E-state index contributed by atoms with van der Waals surface area (Å²) in [6.45, 7) is -0.461. The number of hydrogen-bond donors (Lipinski definition) is 1. The van der Waals surface area contributed by atoms with E-state index in [9.17, 15) is 9.59 Å². The maximum atomic E-state index is 10.2. The summed E-state index contributed by atoms with van der Waals surface area (Å²) >= 11 is 0. The van der Waals surface area contributed by atoms with Crippen LogP contribution in [0.5, 0.6) is 0 Å². The van der Waals surface area contributed by atoms with Crippen LogP contribution in [0.1, 0.15) is 0 Å². The largest absolute Gasteiger partial charge is 0.388 e. The molecular weight excluding hydrogens is 124 g/mol. The van der Waals surface area contributed by atoms with E-state index in [0.29, 0.717) is 0 Å². The zero-order chi connectivity index (χ0) is 6.85. The van der Waals surface area contributed by atoms with E-state index in [1.165, 1.54) is 0 Å². The molecule has 9 heavy (non-hydrogen) atoms. The summed E-state index contributed by atoms with van der Waals surface area (Å²) in [4.78, 5) is 23.5. The van der Waals surface area contributed by atoms with Gasteiger partial charge < -0.3 is 5.11 Å². The highest BCUT2D eigenvalue weighted by Gasteiger charge is 2.24. The van der Waals surface area contributed by atoms with Crippen molar-refractivity contribution in [3.05, 3.63) is 0 Å². The second-order valence-corrected chi connectivity index (χ2v) is 1.41. The number of aliphatic hydroxyl groups excluding tert-OH is 1. The molecule has 5 nitrogen and oxygen atoms in total. The molecule has 5 heteroatoms. The minimum absolute atomic E-state index is 0.106. The highest BCUT2D eigenvalue weighted by Crippen LogP contribution is 1.89. The molecule has 0 aromatic rings. The van der Waals surface area contributed by atoms with E-state index in [2.05, 4.69) is 10.3 Å². The zero-order valence-electron chi connectivity index (χ0n) is 4.37. The summed E-state index contributed by atoms with van der Waals surface area (Å²) in [5.74, 6) is -1.91. The molecule has 1 heterocycles. The molecule has 1 aliphatic heterocycles. The van der Waals surface area contributed by atoms with Crippen molar-refractivity contribution in [2.24, 2.45) is 4.99 Å². The number of carbonyl (C=O) groups is 2. The first-order valence-electron chi connectivity index (χ1n) is 2.22. The lowest BCUT2D eigenvalue weighted by atomic mass is 10.6. The Labute approximate surface area is 50.4 Å². The minimum Gasteiger partial charge on any atom is -0.388 e. The lowest BCUT2D eigenvalue weighted by Crippen LogP contribution is -2.20. The third kappa shape index (κ3) is 0.945. The van der Waals surface area contributed by atoms with E-state index >= 15 is 0 Å². The second-order valence-electron chi connectivity index (χ2n) is 1.41. The Morgan fingerprint density at radius 3 is 2.22 bits per heavy atom. The molecule has 0 atom stereocenters. The molecule has 0 saturated carbocycles. The molecule has 0 aromatic heterocycles. The van der Waals surface area contributed by atoms with Gasteiger partial charge in [0.1, 0.15) is 6.61 Å². The number of hydrogen-bond acceptors (Lipinski definition) is 3. The Morgan fingerprint density at radius 1 is 1.33 bits per heavy atom. The average Bonchev–Trinajstić information content (AvgIpc) is 2.13. The van der Waals surface area contributed by atoms with Gasteiger partial charge in [0.15, 0.2) is 5.84 Å². The van der Waals surface area contributed by atoms with Crippen LogP contribution in [-0.4, -0.2) is 29.4 Å². The molecule has 0 fully saturated rings. The number of aliphatic hydroxyl groups is 1. The topological polar surface area (TPSA) is 80.8 Å². The van der Waals surface area contributed by atoms with Crippen LogP contribution in [0.2, 0.25) is 0 Å². The van der Waals surface area contributed by atoms with E-state index in [1.54, 1.807) is 0 Å². The van der Waals surface area contributed by atoms with Gasteiger partial charge in [0.2, 0.25) is 0 Å². The lowest BCUT2D eigenvalue weighted by molar-refractivity contribution is -0.135. The first-order chi connectivity index (χ1) is 4.24. The third-order valence-electron chi connectivity index (χ3n) is 0.786. The predicted molar refractivity (Wildman–Crippen MR) is 26.7 cm³/mol. The Kier molecular flexibility index (Phi) is 1.27. The Bertz CT molecular complexity index is 196. The van der Waals surface area contributed by atoms with Gasteiger partial charge in [0, 0.05) is 0 Å². The zero-order valence-corrected chi connectivity index (χ0v) is 4.37. The minimum atomic E-state index is -0.904. The number of rotatable bonds is 1. The molecule has 1 aliphatic rings. The number of amides is 2. The van der Waals surface area contributed by atoms with Gasteiger partial charge in [-0.3, -0.25) is 9.59 Å². The molecule has 0 unspecified atom stereocenters. The molecule has 0 spiro atoms. The molecule has 0 bridgehead atoms. The van der Waals surface area contributed by atoms with E-state index < -0.39 is 18.4 Å². The first-order valence-corrected chi connectivity index (χ1v) is 2.22. The van der Waals surface area contributed by atoms with Crippen molar-refractivity contribution in [2.75, 3.05) is 6.61 Å². The Balaban J connectivity index is 2.74. The van der Waals surface area contributed by atoms with Crippen LogP contribution in [0.3, 0.4) is 0 Å². The summed E-state index contributed by atoms with van der Waals surface area (Å²) in [7, 11) is 0. The fourth-order valence-corrected chi connectivity index (χ4v) is 0.426. The van der Waals surface area contributed by atoms with Crippen LogP contribution in [0.25, 0.3) is 0 Å². The quantitative estimate of drug-likeness (QED) is 0.415. The van der Waals surface area contributed by atoms with Crippen LogP contribution in [0.4, 0.5) is 0 Å². The van der Waals surface area contributed by atoms with Gasteiger partial charge in [-0.1, -0.05) is 0 Å². The van der Waals surface area contributed by atoms with Crippen molar-refractivity contribution in [1.82, 2.24) is 5.32 Å². The highest BCUT2D eigenvalue weighted by molar-refractivity contribution is 6.44. The summed E-state index contributed by atoms with van der Waals surface area (Å²) in [6, 6.07) is 0. The summed E-state index contributed by atoms with van der Waals surface area (Å²) in [5.41, 5.74) is 0. The van der Waals surface area contributed by atoms with Crippen LogP contribution >= 0.6 is 0 Å². The van der Waals surface area contributed by atoms with Gasteiger partial charge in [0.25, 0.3) is 0 Å². The summed E-state index contributed by atoms with van der Waals surface area (Å²) in [5, 5.41) is 11.4. The number of carbonyl (C=O) groups excluding carboxylic acids is 2. The van der Waals surface area contributed by atoms with E-state index in [1.807, 2.05) is 0 Å². The Hall–Kier alpha value is -1.23. The number of aliphatic imine (C=N–C) groups is 1. The number of amidine groups is 1. The molecule has 1 N–H and O–H groups in total. The maximum absolute atomic E-state index is 10.2. The van der Waals surface area contributed by atoms with E-state index in [-0.39, 0.29) is 5.84 Å². The van der Waals surface area contributed by atoms with Crippen LogP contribution in [-0.2, 0) is 9.59 Å². The third-order valence-corrected chi connectivity index (χ3v) is 0.786. The summed E-state index contributed by atoms with van der Waals surface area (Å²) < 4.78 is 0. The van der Waals surface area contributed by atoms with Gasteiger partial charge in [0.05, 0.1) is 0 Å². The molecule has 1 rings (SSSR count). The van der Waals surface area contributed by atoms with Crippen LogP contribution in [0, 0.1) is 0 Å². The monoisotopic (exact) mass is 127 g/mol. The Morgan fingerprint density at radius 2 is 2.00 bits per heavy atom. The van der Waals surface area contributed by atoms with E-state index in [0.717, 1.165) is 0 Å². The number of nitrogens with zero attached hydrogens (tertiary/aromatic N) is 2. The average molecular weight is 127 g/mol. The van der Waals surface area contributed by atoms with Crippen molar-refractivity contribution in [1.29, 1.82) is 0 Å². The van der Waals surface area contributed by atoms with Gasteiger partial charge >= 0.3 is 11.8 Å². The van der Waals surface area contributed by atoms with Gasteiger partial charge in [-0.05, 0) is 0 Å². The molecule has 0 saturated heterocycles. The smallest absolute Gasteiger partial charge is 0.339 e. The fraction of sp³-hybridized carbons (Fsp3) is 0.250. The van der Waals surface area contributed by atoms with Crippen LogP contribution < -0.4 is 5.32 Å². The van der Waals surface area contributed by atoms with Crippen molar-refractivity contribution in [3.8, 4) is 0 Å². The van der Waals surface area contributed by atoms with E-state index in [4.69, 9.17) is 5.11 Å². The van der Waals surface area contributed by atoms with Crippen molar-refractivity contribution in [2.45, 2.75) is 0 Å². The molecule has 0 aromatic carbocycles. The molecule has 47 valence electrons. The standard InChI is InChI=1S/C4H3N2O3/c7-1-2-5-3(8)4(9)6-2/h7H,1H2. The van der Waals surface area contributed by atoms with Crippen LogP contribution in [0.15, 0.2) is 4.99 Å². The molecule has 1 radical (unpaired) electrons. The van der Waals surface area contributed by atoms with Gasteiger partial charge in [-0.2, -0.15) is 10.3 Å². The van der Waals surface area contributed by atoms with Gasteiger partial charge in [-0.15, -0.1) is 0 Å². The SMILES string of the molecule is O=C1[N]C(CO)=NC1=O. The normalized spacial score (nSPS) is 17.7. The fourth-order valence-electron chi connectivity index (χ4n) is 0.426. The molecular formula is C4H3N2O3. The first kappa shape index (κ1) is 5.90. The predicted octanol–water partition coefficient (Wildman–Crippen LogP) is -1.95. The maximum Gasteiger partial charge on any atom is 0.339 e.